The first kappa shape index (κ1) is 19.6. The molecule has 0 N–H and O–H groups in total. The van der Waals surface area contributed by atoms with Crippen LogP contribution in [0, 0.1) is 0 Å². The molecule has 0 heterocycles. The van der Waals surface area contributed by atoms with Gasteiger partial charge in [-0.25, -0.2) is 0 Å². The van der Waals surface area contributed by atoms with E-state index in [4.69, 9.17) is 0 Å². The molecule has 0 saturated carbocycles. The number of rotatable bonds is 1. The van der Waals surface area contributed by atoms with E-state index in [-0.39, 0.29) is 0 Å². The van der Waals surface area contributed by atoms with Gasteiger partial charge in [-0.3, -0.25) is 0 Å². The van der Waals surface area contributed by atoms with Crippen molar-refractivity contribution >= 4 is 64.6 Å². The Labute approximate surface area is 209 Å². The molecule has 0 nitrogen and oxygen atoms in total. The normalized spacial score (nSPS) is 11.9. The SMILES string of the molecule is c1ccc2c(-c3ccc4c5ccccc5c5c6ccccc6c6ccccc6c5c4c3)cccc2c1. The van der Waals surface area contributed by atoms with Crippen LogP contribution < -0.4 is 0 Å². The lowest BCUT2D eigenvalue weighted by Crippen LogP contribution is -1.89. The Hall–Kier alpha value is -4.68. The maximum Gasteiger partial charge on any atom is -0.00137 e. The Morgan fingerprint density at radius 2 is 0.722 bits per heavy atom. The highest BCUT2D eigenvalue weighted by molar-refractivity contribution is 6.39. The molecular weight excluding hydrogens is 432 g/mol. The van der Waals surface area contributed by atoms with Gasteiger partial charge in [-0.2, -0.15) is 0 Å². The minimum Gasteiger partial charge on any atom is -0.0616 e. The molecule has 8 rings (SSSR count). The van der Waals surface area contributed by atoms with E-state index in [9.17, 15) is 0 Å². The molecule has 0 aliphatic carbocycles. The highest BCUT2D eigenvalue weighted by Gasteiger charge is 2.16. The van der Waals surface area contributed by atoms with Gasteiger partial charge in [0.15, 0.2) is 0 Å². The molecule has 36 heavy (non-hydrogen) atoms. The second-order valence-corrected chi connectivity index (χ2v) is 9.67. The van der Waals surface area contributed by atoms with Gasteiger partial charge in [0.1, 0.15) is 0 Å². The molecule has 0 radical (unpaired) electrons. The molecule has 0 amide bonds. The van der Waals surface area contributed by atoms with E-state index >= 15 is 0 Å². The van der Waals surface area contributed by atoms with E-state index in [2.05, 4.69) is 133 Å². The first-order valence-corrected chi connectivity index (χ1v) is 12.5. The van der Waals surface area contributed by atoms with Crippen LogP contribution in [0.25, 0.3) is 75.8 Å². The quantitative estimate of drug-likeness (QED) is 0.216. The minimum absolute atomic E-state index is 1.26. The third kappa shape index (κ3) is 2.64. The average molecular weight is 455 g/mol. The predicted molar refractivity (Wildman–Crippen MR) is 157 cm³/mol. The monoisotopic (exact) mass is 454 g/mol. The molecule has 0 aliphatic rings. The maximum atomic E-state index is 2.42. The van der Waals surface area contributed by atoms with Crippen LogP contribution in [-0.4, -0.2) is 0 Å². The van der Waals surface area contributed by atoms with Crippen LogP contribution in [0.1, 0.15) is 0 Å². The van der Waals surface area contributed by atoms with Crippen molar-refractivity contribution in [3.05, 3.63) is 133 Å². The summed E-state index contributed by atoms with van der Waals surface area (Å²) in [4.78, 5) is 0. The van der Waals surface area contributed by atoms with Crippen molar-refractivity contribution in [2.24, 2.45) is 0 Å². The molecule has 0 heteroatoms. The lowest BCUT2D eigenvalue weighted by Gasteiger charge is -2.17. The van der Waals surface area contributed by atoms with Crippen molar-refractivity contribution < 1.29 is 0 Å². The van der Waals surface area contributed by atoms with Crippen LogP contribution in [0.2, 0.25) is 0 Å². The Kier molecular flexibility index (Phi) is 4.03. The fourth-order valence-electron chi connectivity index (χ4n) is 6.27. The third-order valence-corrected chi connectivity index (χ3v) is 7.81. The summed E-state index contributed by atoms with van der Waals surface area (Å²) in [5.41, 5.74) is 2.54. The summed E-state index contributed by atoms with van der Waals surface area (Å²) in [6, 6.07) is 49.0. The first-order chi connectivity index (χ1) is 17.9. The largest absolute Gasteiger partial charge is 0.0616 e. The van der Waals surface area contributed by atoms with E-state index in [0.29, 0.717) is 0 Å². The van der Waals surface area contributed by atoms with Gasteiger partial charge in [0.2, 0.25) is 0 Å². The third-order valence-electron chi connectivity index (χ3n) is 7.81. The molecule has 0 aliphatic heterocycles. The van der Waals surface area contributed by atoms with E-state index in [1.807, 2.05) is 0 Å². The Morgan fingerprint density at radius 3 is 1.33 bits per heavy atom. The molecule has 8 aromatic rings. The van der Waals surface area contributed by atoms with Crippen LogP contribution in [0.5, 0.6) is 0 Å². The lowest BCUT2D eigenvalue weighted by atomic mass is 9.86. The molecule has 8 aromatic carbocycles. The van der Waals surface area contributed by atoms with Crippen LogP contribution in [0.4, 0.5) is 0 Å². The van der Waals surface area contributed by atoms with Crippen molar-refractivity contribution in [2.75, 3.05) is 0 Å². The zero-order valence-electron chi connectivity index (χ0n) is 19.7. The van der Waals surface area contributed by atoms with Gasteiger partial charge in [0.05, 0.1) is 0 Å². The second kappa shape index (κ2) is 7.41. The Bertz CT molecular complexity index is 2130. The topological polar surface area (TPSA) is 0 Å². The highest BCUT2D eigenvalue weighted by atomic mass is 14.2. The fourth-order valence-corrected chi connectivity index (χ4v) is 6.27. The van der Waals surface area contributed by atoms with Crippen LogP contribution in [0.15, 0.2) is 133 Å². The first-order valence-electron chi connectivity index (χ1n) is 12.5. The fraction of sp³-hybridized carbons (Fsp3) is 0. The zero-order chi connectivity index (χ0) is 23.6. The van der Waals surface area contributed by atoms with Gasteiger partial charge in [-0.1, -0.05) is 127 Å². The second-order valence-electron chi connectivity index (χ2n) is 9.67. The Morgan fingerprint density at radius 1 is 0.278 bits per heavy atom. The molecule has 166 valence electrons. The van der Waals surface area contributed by atoms with Crippen molar-refractivity contribution in [3.63, 3.8) is 0 Å². The van der Waals surface area contributed by atoms with E-state index in [1.54, 1.807) is 0 Å². The van der Waals surface area contributed by atoms with Crippen LogP contribution >= 0.6 is 0 Å². The van der Waals surface area contributed by atoms with Gasteiger partial charge in [0, 0.05) is 0 Å². The van der Waals surface area contributed by atoms with E-state index in [0.717, 1.165) is 0 Å². The van der Waals surface area contributed by atoms with Gasteiger partial charge >= 0.3 is 0 Å². The molecule has 0 fully saturated rings. The van der Waals surface area contributed by atoms with Crippen LogP contribution in [0.3, 0.4) is 0 Å². The lowest BCUT2D eigenvalue weighted by molar-refractivity contribution is 1.69. The summed E-state index contributed by atoms with van der Waals surface area (Å²) in [5.74, 6) is 0. The van der Waals surface area contributed by atoms with Gasteiger partial charge in [-0.15, -0.1) is 0 Å². The molecule has 0 spiro atoms. The standard InChI is InChI=1S/C36H22/c1-2-12-25-23(10-1)11-9-19-26(25)24-20-21-30-29-15-5-7-17-32(29)35-31-16-6-3-13-27(31)28-14-4-8-18-33(28)36(35)34(30)22-24/h1-22H. The predicted octanol–water partition coefficient (Wildman–Crippen LogP) is 10.3. The summed E-state index contributed by atoms with van der Waals surface area (Å²) in [7, 11) is 0. The number of hydrogen-bond donors (Lipinski definition) is 0. The summed E-state index contributed by atoms with van der Waals surface area (Å²) in [6.07, 6.45) is 0. The van der Waals surface area contributed by atoms with Crippen molar-refractivity contribution in [1.29, 1.82) is 0 Å². The van der Waals surface area contributed by atoms with Gasteiger partial charge in [0.25, 0.3) is 0 Å². The summed E-state index contributed by atoms with van der Waals surface area (Å²) < 4.78 is 0. The van der Waals surface area contributed by atoms with Crippen molar-refractivity contribution in [3.8, 4) is 11.1 Å². The van der Waals surface area contributed by atoms with Crippen molar-refractivity contribution in [1.82, 2.24) is 0 Å². The number of benzene rings is 8. The van der Waals surface area contributed by atoms with Crippen molar-refractivity contribution in [2.45, 2.75) is 0 Å². The van der Waals surface area contributed by atoms with Crippen LogP contribution in [-0.2, 0) is 0 Å². The molecule has 0 saturated heterocycles. The summed E-state index contributed by atoms with van der Waals surface area (Å²) in [5, 5.41) is 15.8. The summed E-state index contributed by atoms with van der Waals surface area (Å²) in [6.45, 7) is 0. The molecule has 0 unspecified atom stereocenters. The Balaban J connectivity index is 1.64. The number of hydrogen-bond acceptors (Lipinski definition) is 0. The average Bonchev–Trinajstić information content (AvgIpc) is 2.96. The summed E-state index contributed by atoms with van der Waals surface area (Å²) >= 11 is 0. The molecular formula is C36H22. The minimum atomic E-state index is 1.26. The smallest absolute Gasteiger partial charge is 0.00137 e. The van der Waals surface area contributed by atoms with E-state index < -0.39 is 0 Å². The molecule has 0 bridgehead atoms. The maximum absolute atomic E-state index is 2.42. The highest BCUT2D eigenvalue weighted by Crippen LogP contribution is 2.44. The van der Waals surface area contributed by atoms with Gasteiger partial charge < -0.3 is 0 Å². The zero-order valence-corrected chi connectivity index (χ0v) is 19.7. The molecule has 0 aromatic heterocycles. The molecule has 0 atom stereocenters. The van der Waals surface area contributed by atoms with E-state index in [1.165, 1.54) is 75.8 Å². The van der Waals surface area contributed by atoms with Gasteiger partial charge in [-0.05, 0) is 81.8 Å². The number of fused-ring (bicyclic) bond motifs is 12.